The second-order valence-electron chi connectivity index (χ2n) is 5.19. The van der Waals surface area contributed by atoms with Gasteiger partial charge in [0.1, 0.15) is 11.1 Å². The zero-order valence-corrected chi connectivity index (χ0v) is 12.5. The van der Waals surface area contributed by atoms with E-state index in [1.54, 1.807) is 38.1 Å². The highest BCUT2D eigenvalue weighted by molar-refractivity contribution is 5.96. The van der Waals surface area contributed by atoms with Gasteiger partial charge in [0.2, 0.25) is 5.91 Å². The molecule has 0 aliphatic carbocycles. The summed E-state index contributed by atoms with van der Waals surface area (Å²) in [5.74, 6) is -0.707. The van der Waals surface area contributed by atoms with Gasteiger partial charge >= 0.3 is 5.63 Å². The van der Waals surface area contributed by atoms with Crippen LogP contribution in [0, 0.1) is 5.92 Å². The highest BCUT2D eigenvalue weighted by Gasteiger charge is 2.13. The predicted octanol–water partition coefficient (Wildman–Crippen LogP) is 1.29. The molecule has 0 saturated carbocycles. The normalized spacial score (nSPS) is 10.7. The van der Waals surface area contributed by atoms with Crippen molar-refractivity contribution < 1.29 is 14.0 Å². The lowest BCUT2D eigenvalue weighted by molar-refractivity contribution is -0.123. The molecule has 1 heterocycles. The Bertz CT molecular complexity index is 749. The molecule has 2 aromatic rings. The van der Waals surface area contributed by atoms with E-state index in [0.29, 0.717) is 17.5 Å². The first-order valence-electron chi connectivity index (χ1n) is 7.08. The van der Waals surface area contributed by atoms with Crippen molar-refractivity contribution in [1.82, 2.24) is 10.6 Å². The zero-order chi connectivity index (χ0) is 16.1. The summed E-state index contributed by atoms with van der Waals surface area (Å²) in [7, 11) is 0. The predicted molar refractivity (Wildman–Crippen MR) is 82.7 cm³/mol. The van der Waals surface area contributed by atoms with Crippen LogP contribution in [0.15, 0.2) is 39.5 Å². The fraction of sp³-hybridized carbons (Fsp3) is 0.312. The van der Waals surface area contributed by atoms with E-state index in [2.05, 4.69) is 10.6 Å². The van der Waals surface area contributed by atoms with Crippen molar-refractivity contribution in [3.8, 4) is 0 Å². The van der Waals surface area contributed by atoms with Crippen LogP contribution in [0.3, 0.4) is 0 Å². The molecule has 0 bridgehead atoms. The van der Waals surface area contributed by atoms with Crippen molar-refractivity contribution in [2.45, 2.75) is 13.8 Å². The number of carbonyl (C=O) groups is 2. The first kappa shape index (κ1) is 15.8. The average molecular weight is 302 g/mol. The molecule has 2 amide bonds. The number of para-hydroxylation sites is 1. The van der Waals surface area contributed by atoms with Gasteiger partial charge in [0.05, 0.1) is 0 Å². The summed E-state index contributed by atoms with van der Waals surface area (Å²) in [5.41, 5.74) is -0.287. The van der Waals surface area contributed by atoms with Gasteiger partial charge in [-0.15, -0.1) is 0 Å². The Kier molecular flexibility index (Phi) is 4.93. The van der Waals surface area contributed by atoms with Crippen molar-refractivity contribution in [3.63, 3.8) is 0 Å². The van der Waals surface area contributed by atoms with Crippen LogP contribution in [-0.2, 0) is 4.79 Å². The first-order chi connectivity index (χ1) is 10.5. The smallest absolute Gasteiger partial charge is 0.349 e. The molecule has 0 saturated heterocycles. The van der Waals surface area contributed by atoms with Crippen LogP contribution in [0.4, 0.5) is 0 Å². The Labute approximate surface area is 127 Å². The summed E-state index contributed by atoms with van der Waals surface area (Å²) >= 11 is 0. The fourth-order valence-corrected chi connectivity index (χ4v) is 1.88. The summed E-state index contributed by atoms with van der Waals surface area (Å²) < 4.78 is 5.10. The highest BCUT2D eigenvalue weighted by atomic mass is 16.4. The van der Waals surface area contributed by atoms with Crippen LogP contribution in [0.5, 0.6) is 0 Å². The van der Waals surface area contributed by atoms with Gasteiger partial charge in [0.25, 0.3) is 5.91 Å². The molecular formula is C16H18N2O4. The lowest BCUT2D eigenvalue weighted by atomic mass is 10.2. The molecule has 0 unspecified atom stereocenters. The molecule has 1 aromatic carbocycles. The minimum absolute atomic E-state index is 0.0473. The highest BCUT2D eigenvalue weighted by Crippen LogP contribution is 2.12. The standard InChI is InChI=1S/C16H18N2O4/c1-10(2)14(19)17-7-8-18-15(20)12-9-11-5-3-4-6-13(11)22-16(12)21/h3-6,9-10H,7-8H2,1-2H3,(H,17,19)(H,18,20). The minimum Gasteiger partial charge on any atom is -0.422 e. The van der Waals surface area contributed by atoms with E-state index in [4.69, 9.17) is 4.42 Å². The molecule has 22 heavy (non-hydrogen) atoms. The Morgan fingerprint density at radius 3 is 2.55 bits per heavy atom. The van der Waals surface area contributed by atoms with Gasteiger partial charge in [-0.2, -0.15) is 0 Å². The Balaban J connectivity index is 1.99. The van der Waals surface area contributed by atoms with E-state index in [1.807, 2.05) is 0 Å². The van der Waals surface area contributed by atoms with Gasteiger partial charge in [0.15, 0.2) is 0 Å². The molecule has 0 aliphatic rings. The van der Waals surface area contributed by atoms with Crippen LogP contribution in [-0.4, -0.2) is 24.9 Å². The van der Waals surface area contributed by atoms with E-state index in [1.165, 1.54) is 6.07 Å². The van der Waals surface area contributed by atoms with Gasteiger partial charge in [-0.25, -0.2) is 4.79 Å². The van der Waals surface area contributed by atoms with Crippen molar-refractivity contribution in [2.24, 2.45) is 5.92 Å². The zero-order valence-electron chi connectivity index (χ0n) is 12.5. The minimum atomic E-state index is -0.678. The van der Waals surface area contributed by atoms with Gasteiger partial charge < -0.3 is 15.1 Å². The maximum absolute atomic E-state index is 12.0. The van der Waals surface area contributed by atoms with Crippen LogP contribution >= 0.6 is 0 Å². The van der Waals surface area contributed by atoms with E-state index in [0.717, 1.165) is 0 Å². The number of fused-ring (bicyclic) bond motifs is 1. The van der Waals surface area contributed by atoms with E-state index in [-0.39, 0.29) is 23.9 Å². The van der Waals surface area contributed by atoms with Gasteiger partial charge in [-0.05, 0) is 12.1 Å². The van der Waals surface area contributed by atoms with E-state index < -0.39 is 11.5 Å². The van der Waals surface area contributed by atoms with E-state index in [9.17, 15) is 14.4 Å². The average Bonchev–Trinajstić information content (AvgIpc) is 2.50. The first-order valence-corrected chi connectivity index (χ1v) is 7.08. The second-order valence-corrected chi connectivity index (χ2v) is 5.19. The molecule has 0 atom stereocenters. The molecule has 0 aliphatic heterocycles. The molecule has 0 radical (unpaired) electrons. The topological polar surface area (TPSA) is 88.4 Å². The quantitative estimate of drug-likeness (QED) is 0.643. The SMILES string of the molecule is CC(C)C(=O)NCCNC(=O)c1cc2ccccc2oc1=O. The molecule has 6 nitrogen and oxygen atoms in total. The van der Waals surface area contributed by atoms with Crippen LogP contribution in [0.25, 0.3) is 11.0 Å². The third kappa shape index (κ3) is 3.72. The summed E-state index contributed by atoms with van der Waals surface area (Å²) in [5, 5.41) is 5.94. The Morgan fingerprint density at radius 1 is 1.14 bits per heavy atom. The number of amides is 2. The van der Waals surface area contributed by atoms with Crippen molar-refractivity contribution >= 4 is 22.8 Å². The lowest BCUT2D eigenvalue weighted by Gasteiger charge is -2.08. The van der Waals surface area contributed by atoms with Crippen LogP contribution < -0.4 is 16.3 Å². The van der Waals surface area contributed by atoms with E-state index >= 15 is 0 Å². The number of hydrogen-bond acceptors (Lipinski definition) is 4. The monoisotopic (exact) mass is 302 g/mol. The lowest BCUT2D eigenvalue weighted by Crippen LogP contribution is -2.37. The molecule has 2 rings (SSSR count). The van der Waals surface area contributed by atoms with Crippen molar-refractivity contribution in [1.29, 1.82) is 0 Å². The van der Waals surface area contributed by atoms with Crippen LogP contribution in [0.1, 0.15) is 24.2 Å². The number of rotatable bonds is 5. The second kappa shape index (κ2) is 6.89. The van der Waals surface area contributed by atoms with Gasteiger partial charge in [-0.3, -0.25) is 9.59 Å². The third-order valence-corrected chi connectivity index (χ3v) is 3.12. The molecule has 1 aromatic heterocycles. The van der Waals surface area contributed by atoms with Crippen molar-refractivity contribution in [2.75, 3.05) is 13.1 Å². The molecule has 2 N–H and O–H groups in total. The molecule has 116 valence electrons. The summed E-state index contributed by atoms with van der Waals surface area (Å²) in [6, 6.07) is 8.48. The maximum atomic E-state index is 12.0. The maximum Gasteiger partial charge on any atom is 0.349 e. The Morgan fingerprint density at radius 2 is 1.82 bits per heavy atom. The molecule has 0 spiro atoms. The third-order valence-electron chi connectivity index (χ3n) is 3.12. The number of carbonyl (C=O) groups excluding carboxylic acids is 2. The Hall–Kier alpha value is -2.63. The van der Waals surface area contributed by atoms with Gasteiger partial charge in [-0.1, -0.05) is 32.0 Å². The summed E-state index contributed by atoms with van der Waals surface area (Å²) in [4.78, 5) is 35.2. The molecule has 6 heteroatoms. The van der Waals surface area contributed by atoms with Crippen LogP contribution in [0.2, 0.25) is 0 Å². The van der Waals surface area contributed by atoms with Gasteiger partial charge in [0, 0.05) is 24.4 Å². The molecule has 0 fully saturated rings. The summed E-state index contributed by atoms with van der Waals surface area (Å²) in [6.45, 7) is 4.12. The summed E-state index contributed by atoms with van der Waals surface area (Å²) in [6.07, 6.45) is 0. The number of nitrogens with one attached hydrogen (secondary N) is 2. The fourth-order valence-electron chi connectivity index (χ4n) is 1.88. The molecular weight excluding hydrogens is 284 g/mol. The number of hydrogen-bond donors (Lipinski definition) is 2. The largest absolute Gasteiger partial charge is 0.422 e. The van der Waals surface area contributed by atoms with Crippen molar-refractivity contribution in [3.05, 3.63) is 46.3 Å². The number of benzene rings is 1.